The van der Waals surface area contributed by atoms with Crippen molar-refractivity contribution in [1.29, 1.82) is 0 Å². The van der Waals surface area contributed by atoms with Crippen LogP contribution in [0.3, 0.4) is 0 Å². The topological polar surface area (TPSA) is 40.5 Å². The second kappa shape index (κ2) is 8.95. The molecule has 1 aliphatic rings. The Morgan fingerprint density at radius 3 is 2.13 bits per heavy atom. The highest BCUT2D eigenvalue weighted by Gasteiger charge is 2.47. The zero-order valence-electron chi connectivity index (χ0n) is 17.4. The molecule has 3 heteroatoms. The summed E-state index contributed by atoms with van der Waals surface area (Å²) in [6.07, 6.45) is 1.49. The van der Waals surface area contributed by atoms with Crippen molar-refractivity contribution in [2.45, 2.75) is 31.4 Å². The van der Waals surface area contributed by atoms with E-state index in [0.717, 1.165) is 18.5 Å². The van der Waals surface area contributed by atoms with Gasteiger partial charge in [0.1, 0.15) is 5.60 Å². The Hall–Kier alpha value is -2.75. The third kappa shape index (κ3) is 3.96. The van der Waals surface area contributed by atoms with E-state index in [1.165, 1.54) is 5.56 Å². The van der Waals surface area contributed by atoms with Gasteiger partial charge in [0.05, 0.1) is 5.92 Å². The van der Waals surface area contributed by atoms with Crippen LogP contribution in [-0.2, 0) is 5.60 Å². The third-order valence-electron chi connectivity index (χ3n) is 6.43. The molecule has 1 aliphatic heterocycles. The number of benzene rings is 3. The number of carbonyl (C=O) groups excluding carboxylic acids is 1. The van der Waals surface area contributed by atoms with Crippen molar-refractivity contribution >= 4 is 5.78 Å². The molecule has 0 aliphatic carbocycles. The van der Waals surface area contributed by atoms with E-state index in [2.05, 4.69) is 36.1 Å². The number of ketones is 1. The van der Waals surface area contributed by atoms with Crippen molar-refractivity contribution in [2.75, 3.05) is 13.1 Å². The van der Waals surface area contributed by atoms with Crippen LogP contribution in [0.15, 0.2) is 91.0 Å². The number of hydrogen-bond acceptors (Lipinski definition) is 3. The molecule has 3 aromatic carbocycles. The predicted molar refractivity (Wildman–Crippen MR) is 120 cm³/mol. The van der Waals surface area contributed by atoms with E-state index in [0.29, 0.717) is 18.5 Å². The van der Waals surface area contributed by atoms with Gasteiger partial charge in [0, 0.05) is 24.7 Å². The Morgan fingerprint density at radius 2 is 1.53 bits per heavy atom. The zero-order valence-corrected chi connectivity index (χ0v) is 17.4. The summed E-state index contributed by atoms with van der Waals surface area (Å²) in [5.74, 6) is -0.511. The molecule has 0 radical (unpaired) electrons. The Morgan fingerprint density at radius 1 is 0.967 bits per heavy atom. The summed E-state index contributed by atoms with van der Waals surface area (Å²) in [4.78, 5) is 16.0. The van der Waals surface area contributed by atoms with Crippen molar-refractivity contribution in [3.63, 3.8) is 0 Å². The lowest BCUT2D eigenvalue weighted by molar-refractivity contribution is -0.0731. The van der Waals surface area contributed by atoms with Crippen molar-refractivity contribution in [2.24, 2.45) is 5.92 Å². The third-order valence-corrected chi connectivity index (χ3v) is 6.43. The van der Waals surface area contributed by atoms with Gasteiger partial charge in [-0.05, 0) is 24.0 Å². The minimum Gasteiger partial charge on any atom is -0.384 e. The molecular weight excluding hydrogens is 370 g/mol. The van der Waals surface area contributed by atoms with Gasteiger partial charge in [0.15, 0.2) is 5.78 Å². The van der Waals surface area contributed by atoms with Crippen LogP contribution in [0.2, 0.25) is 0 Å². The largest absolute Gasteiger partial charge is 0.384 e. The highest BCUT2D eigenvalue weighted by molar-refractivity contribution is 5.99. The monoisotopic (exact) mass is 399 g/mol. The smallest absolute Gasteiger partial charge is 0.170 e. The highest BCUT2D eigenvalue weighted by Crippen LogP contribution is 2.42. The van der Waals surface area contributed by atoms with Gasteiger partial charge in [-0.1, -0.05) is 97.9 Å². The van der Waals surface area contributed by atoms with E-state index in [4.69, 9.17) is 0 Å². The first-order valence-electron chi connectivity index (χ1n) is 10.8. The molecule has 0 amide bonds. The molecule has 0 spiro atoms. The van der Waals surface area contributed by atoms with Crippen LogP contribution >= 0.6 is 0 Å². The van der Waals surface area contributed by atoms with E-state index in [1.807, 2.05) is 66.7 Å². The molecule has 30 heavy (non-hydrogen) atoms. The molecule has 3 aromatic rings. The normalized spacial score (nSPS) is 23.1. The fourth-order valence-corrected chi connectivity index (χ4v) is 4.80. The molecule has 1 heterocycles. The maximum atomic E-state index is 13.6. The Balaban J connectivity index is 1.70. The van der Waals surface area contributed by atoms with E-state index in [9.17, 15) is 9.90 Å². The van der Waals surface area contributed by atoms with Crippen LogP contribution in [0.1, 0.15) is 47.3 Å². The quantitative estimate of drug-likeness (QED) is 0.577. The SMILES string of the molecule is CCC(c1ccccc1)N1CCC(O)(c2ccccc2)C(C(=O)c2ccccc2)C1. The molecule has 0 bridgehead atoms. The first-order chi connectivity index (χ1) is 14.6. The van der Waals surface area contributed by atoms with Gasteiger partial charge < -0.3 is 5.11 Å². The first-order valence-corrected chi connectivity index (χ1v) is 10.8. The van der Waals surface area contributed by atoms with Crippen LogP contribution < -0.4 is 0 Å². The van der Waals surface area contributed by atoms with E-state index in [1.54, 1.807) is 0 Å². The summed E-state index contributed by atoms with van der Waals surface area (Å²) in [6.45, 7) is 3.47. The maximum absolute atomic E-state index is 13.6. The fourth-order valence-electron chi connectivity index (χ4n) is 4.80. The second-order valence-corrected chi connectivity index (χ2v) is 8.15. The van der Waals surface area contributed by atoms with Gasteiger partial charge >= 0.3 is 0 Å². The van der Waals surface area contributed by atoms with Crippen LogP contribution in [-0.4, -0.2) is 28.9 Å². The minimum atomic E-state index is -1.17. The summed E-state index contributed by atoms with van der Waals surface area (Å²) < 4.78 is 0. The first kappa shape index (κ1) is 20.5. The Bertz CT molecular complexity index is 958. The van der Waals surface area contributed by atoms with E-state index >= 15 is 0 Å². The summed E-state index contributed by atoms with van der Waals surface area (Å²) in [6, 6.07) is 29.8. The number of piperidine rings is 1. The van der Waals surface area contributed by atoms with Crippen molar-refractivity contribution in [3.05, 3.63) is 108 Å². The van der Waals surface area contributed by atoms with Gasteiger partial charge in [-0.3, -0.25) is 9.69 Å². The number of rotatable bonds is 6. The number of likely N-dealkylation sites (tertiary alicyclic amines) is 1. The van der Waals surface area contributed by atoms with Gasteiger partial charge in [0.25, 0.3) is 0 Å². The second-order valence-electron chi connectivity index (χ2n) is 8.15. The lowest BCUT2D eigenvalue weighted by atomic mass is 9.72. The summed E-state index contributed by atoms with van der Waals surface area (Å²) >= 11 is 0. The van der Waals surface area contributed by atoms with Gasteiger partial charge in [-0.15, -0.1) is 0 Å². The number of aliphatic hydroxyl groups is 1. The molecule has 3 atom stereocenters. The Kier molecular flexibility index (Phi) is 6.12. The molecular formula is C27H29NO2. The molecule has 1 fully saturated rings. The molecule has 1 N–H and O–H groups in total. The molecule has 0 saturated carbocycles. The average molecular weight is 400 g/mol. The summed E-state index contributed by atoms with van der Waals surface area (Å²) in [5, 5.41) is 11.8. The van der Waals surface area contributed by atoms with Crippen molar-refractivity contribution in [1.82, 2.24) is 4.90 Å². The van der Waals surface area contributed by atoms with Crippen molar-refractivity contribution in [3.8, 4) is 0 Å². The average Bonchev–Trinajstić information content (AvgIpc) is 2.82. The van der Waals surface area contributed by atoms with E-state index in [-0.39, 0.29) is 11.8 Å². The standard InChI is InChI=1S/C27H29NO2/c1-2-25(21-12-6-3-7-13-21)28-19-18-27(30,23-16-10-5-11-17-23)24(20-28)26(29)22-14-8-4-9-15-22/h3-17,24-25,30H,2,18-20H2,1H3. The van der Waals surface area contributed by atoms with Gasteiger partial charge in [0.2, 0.25) is 0 Å². The molecule has 154 valence electrons. The molecule has 0 aromatic heterocycles. The number of hydrogen-bond donors (Lipinski definition) is 1. The fraction of sp³-hybridized carbons (Fsp3) is 0.296. The molecule has 1 saturated heterocycles. The van der Waals surface area contributed by atoms with Crippen LogP contribution in [0.4, 0.5) is 0 Å². The number of carbonyl (C=O) groups is 1. The van der Waals surface area contributed by atoms with E-state index < -0.39 is 11.5 Å². The minimum absolute atomic E-state index is 0.00886. The van der Waals surface area contributed by atoms with Crippen molar-refractivity contribution < 1.29 is 9.90 Å². The van der Waals surface area contributed by atoms with Crippen LogP contribution in [0.25, 0.3) is 0 Å². The Labute approximate surface area is 179 Å². The predicted octanol–water partition coefficient (Wildman–Crippen LogP) is 5.23. The van der Waals surface area contributed by atoms with Crippen LogP contribution in [0, 0.1) is 5.92 Å². The van der Waals surface area contributed by atoms with Crippen LogP contribution in [0.5, 0.6) is 0 Å². The maximum Gasteiger partial charge on any atom is 0.170 e. The molecule has 4 rings (SSSR count). The lowest BCUT2D eigenvalue weighted by Crippen LogP contribution is -2.53. The zero-order chi connectivity index (χ0) is 21.0. The van der Waals surface area contributed by atoms with Gasteiger partial charge in [-0.2, -0.15) is 0 Å². The highest BCUT2D eigenvalue weighted by atomic mass is 16.3. The molecule has 3 unspecified atom stereocenters. The summed E-state index contributed by atoms with van der Waals surface area (Å²) in [7, 11) is 0. The molecule has 3 nitrogen and oxygen atoms in total. The lowest BCUT2D eigenvalue weighted by Gasteiger charge is -2.46. The van der Waals surface area contributed by atoms with Gasteiger partial charge in [-0.25, -0.2) is 0 Å². The number of Topliss-reactive ketones (excluding diaryl/α,β-unsaturated/α-hetero) is 1. The number of nitrogens with zero attached hydrogens (tertiary/aromatic N) is 1. The summed E-state index contributed by atoms with van der Waals surface area (Å²) in [5.41, 5.74) is 1.58.